The zero-order valence-electron chi connectivity index (χ0n) is 15.2. The fraction of sp³-hybridized carbons (Fsp3) is 0.450. The number of fused-ring (bicyclic) bond motifs is 2. The number of hydroxylamine groups is 2. The molecule has 3 heterocycles. The minimum Gasteiger partial charge on any atom is -0.493 e. The molecule has 1 spiro atoms. The predicted octanol–water partition coefficient (Wildman–Crippen LogP) is 1.76. The van der Waals surface area contributed by atoms with Crippen molar-refractivity contribution in [2.45, 2.75) is 36.5 Å². The Kier molecular flexibility index (Phi) is 3.54. The first kappa shape index (κ1) is 16.6. The van der Waals surface area contributed by atoms with Gasteiger partial charge < -0.3 is 24.2 Å². The number of aliphatic hydroxyl groups excluding tert-OH is 1. The SMILES string of the molecule is COC(=O)C1=CON2CC[C@@]34C=C[C@H](O)C[C@@H]3Oc3c(OC)ccc(c34)C12. The van der Waals surface area contributed by atoms with Crippen molar-refractivity contribution < 1.29 is 28.9 Å². The van der Waals surface area contributed by atoms with Crippen LogP contribution in [0.5, 0.6) is 11.5 Å². The molecular formula is C20H21NO6. The summed E-state index contributed by atoms with van der Waals surface area (Å²) in [5, 5.41) is 12.0. The number of rotatable bonds is 2. The summed E-state index contributed by atoms with van der Waals surface area (Å²) < 4.78 is 16.8. The summed E-state index contributed by atoms with van der Waals surface area (Å²) in [6.45, 7) is 0.610. The number of ether oxygens (including phenoxy) is 3. The van der Waals surface area contributed by atoms with E-state index >= 15 is 0 Å². The first-order valence-corrected chi connectivity index (χ1v) is 9.06. The molecule has 7 heteroatoms. The van der Waals surface area contributed by atoms with E-state index in [1.807, 2.05) is 23.3 Å². The van der Waals surface area contributed by atoms with E-state index in [9.17, 15) is 9.90 Å². The number of nitrogens with zero attached hydrogens (tertiary/aromatic N) is 1. The summed E-state index contributed by atoms with van der Waals surface area (Å²) in [6, 6.07) is 3.47. The van der Waals surface area contributed by atoms with Crippen LogP contribution >= 0.6 is 0 Å². The fourth-order valence-corrected chi connectivity index (χ4v) is 4.85. The van der Waals surface area contributed by atoms with E-state index < -0.39 is 12.1 Å². The van der Waals surface area contributed by atoms with Crippen molar-refractivity contribution in [3.8, 4) is 11.5 Å². The highest BCUT2D eigenvalue weighted by Gasteiger charge is 2.56. The summed E-state index contributed by atoms with van der Waals surface area (Å²) in [7, 11) is 2.98. The molecule has 27 heavy (non-hydrogen) atoms. The average Bonchev–Trinajstić information content (AvgIpc) is 3.21. The molecule has 0 bridgehead atoms. The van der Waals surface area contributed by atoms with Crippen molar-refractivity contribution in [2.75, 3.05) is 20.8 Å². The second-order valence-electron chi connectivity index (χ2n) is 7.33. The molecule has 1 aromatic carbocycles. The predicted molar refractivity (Wildman–Crippen MR) is 94.1 cm³/mol. The summed E-state index contributed by atoms with van der Waals surface area (Å²) >= 11 is 0. The molecular weight excluding hydrogens is 350 g/mol. The highest BCUT2D eigenvalue weighted by Crippen LogP contribution is 2.58. The Morgan fingerprint density at radius 3 is 3.00 bits per heavy atom. The Hall–Kier alpha value is -2.51. The van der Waals surface area contributed by atoms with E-state index in [1.54, 1.807) is 7.11 Å². The lowest BCUT2D eigenvalue weighted by Gasteiger charge is -2.35. The maximum atomic E-state index is 12.3. The van der Waals surface area contributed by atoms with Gasteiger partial charge in [0, 0.05) is 18.5 Å². The van der Waals surface area contributed by atoms with Crippen LogP contribution in [0.1, 0.15) is 30.0 Å². The number of aliphatic hydroxyl groups is 1. The average molecular weight is 371 g/mol. The molecule has 1 unspecified atom stereocenters. The molecule has 5 rings (SSSR count). The van der Waals surface area contributed by atoms with Gasteiger partial charge in [-0.3, -0.25) is 0 Å². The van der Waals surface area contributed by atoms with Gasteiger partial charge in [-0.15, -0.1) is 5.06 Å². The monoisotopic (exact) mass is 371 g/mol. The van der Waals surface area contributed by atoms with Crippen LogP contribution in [0, 0.1) is 0 Å². The number of hydrogen-bond donors (Lipinski definition) is 1. The standard InChI is InChI=1S/C20H21NO6/c1-24-14-4-3-12-16-18(14)27-15-9-11(22)5-6-20(15,16)7-8-21-17(12)13(10-26-21)19(23)25-2/h3-6,10-11,15,17,22H,7-9H2,1-2H3/t11-,15-,17?,20-/m0/s1. The molecule has 3 aliphatic heterocycles. The lowest BCUT2D eigenvalue weighted by Crippen LogP contribution is -2.42. The molecule has 0 saturated carbocycles. The number of carbonyl (C=O) groups is 1. The second-order valence-corrected chi connectivity index (χ2v) is 7.33. The summed E-state index contributed by atoms with van der Waals surface area (Å²) in [5.74, 6) is 0.936. The summed E-state index contributed by atoms with van der Waals surface area (Å²) in [6.07, 6.45) is 5.91. The van der Waals surface area contributed by atoms with Gasteiger partial charge in [0.05, 0.1) is 31.3 Å². The number of benzene rings is 1. The summed E-state index contributed by atoms with van der Waals surface area (Å²) in [4.78, 5) is 18.0. The van der Waals surface area contributed by atoms with Crippen molar-refractivity contribution in [3.05, 3.63) is 47.2 Å². The number of esters is 1. The summed E-state index contributed by atoms with van der Waals surface area (Å²) in [5.41, 5.74) is 2.04. The van der Waals surface area contributed by atoms with Crippen LogP contribution in [0.25, 0.3) is 0 Å². The van der Waals surface area contributed by atoms with Gasteiger partial charge in [-0.1, -0.05) is 18.2 Å². The normalized spacial score (nSPS) is 33.0. The zero-order valence-corrected chi connectivity index (χ0v) is 15.2. The number of hydrogen-bond acceptors (Lipinski definition) is 7. The van der Waals surface area contributed by atoms with Gasteiger partial charge in [-0.05, 0) is 18.1 Å². The van der Waals surface area contributed by atoms with Gasteiger partial charge in [-0.2, -0.15) is 0 Å². The molecule has 7 nitrogen and oxygen atoms in total. The quantitative estimate of drug-likeness (QED) is 0.627. The van der Waals surface area contributed by atoms with Gasteiger partial charge >= 0.3 is 5.97 Å². The molecule has 1 aromatic rings. The van der Waals surface area contributed by atoms with Crippen LogP contribution in [0.15, 0.2) is 36.1 Å². The Morgan fingerprint density at radius 2 is 2.22 bits per heavy atom. The van der Waals surface area contributed by atoms with Crippen molar-refractivity contribution in [1.29, 1.82) is 0 Å². The van der Waals surface area contributed by atoms with Crippen molar-refractivity contribution in [1.82, 2.24) is 5.06 Å². The fourth-order valence-electron chi connectivity index (χ4n) is 4.85. The highest BCUT2D eigenvalue weighted by molar-refractivity contribution is 5.90. The van der Waals surface area contributed by atoms with Crippen LogP contribution in [0.4, 0.5) is 0 Å². The molecule has 4 aliphatic rings. The smallest absolute Gasteiger partial charge is 0.339 e. The maximum absolute atomic E-state index is 12.3. The van der Waals surface area contributed by atoms with E-state index in [0.29, 0.717) is 30.0 Å². The van der Waals surface area contributed by atoms with Crippen molar-refractivity contribution >= 4 is 5.97 Å². The lowest BCUT2D eigenvalue weighted by molar-refractivity contribution is -0.138. The van der Waals surface area contributed by atoms with Gasteiger partial charge in [0.25, 0.3) is 0 Å². The Balaban J connectivity index is 1.74. The third-order valence-electron chi connectivity index (χ3n) is 6.10. The molecule has 0 fully saturated rings. The first-order valence-electron chi connectivity index (χ1n) is 9.06. The van der Waals surface area contributed by atoms with E-state index in [2.05, 4.69) is 6.08 Å². The van der Waals surface area contributed by atoms with Crippen molar-refractivity contribution in [2.24, 2.45) is 0 Å². The molecule has 1 aliphatic carbocycles. The van der Waals surface area contributed by atoms with Crippen LogP contribution in [-0.4, -0.2) is 49.1 Å². The molecule has 4 atom stereocenters. The van der Waals surface area contributed by atoms with Crippen LogP contribution in [0.2, 0.25) is 0 Å². The maximum Gasteiger partial charge on any atom is 0.339 e. The Bertz CT molecular complexity index is 877. The Morgan fingerprint density at radius 1 is 1.37 bits per heavy atom. The van der Waals surface area contributed by atoms with E-state index in [1.165, 1.54) is 13.4 Å². The topological polar surface area (TPSA) is 77.5 Å². The third kappa shape index (κ3) is 2.12. The molecule has 0 amide bonds. The largest absolute Gasteiger partial charge is 0.493 e. The molecule has 0 radical (unpaired) electrons. The molecule has 1 N–H and O–H groups in total. The van der Waals surface area contributed by atoms with E-state index in [-0.39, 0.29) is 17.6 Å². The second kappa shape index (κ2) is 5.74. The van der Waals surface area contributed by atoms with Crippen LogP contribution < -0.4 is 9.47 Å². The van der Waals surface area contributed by atoms with Gasteiger partial charge in [0.1, 0.15) is 18.4 Å². The van der Waals surface area contributed by atoms with E-state index in [0.717, 1.165) is 17.5 Å². The van der Waals surface area contributed by atoms with Crippen molar-refractivity contribution in [3.63, 3.8) is 0 Å². The number of carbonyl (C=O) groups excluding carboxylic acids is 1. The minimum atomic E-state index is -0.533. The molecule has 0 aromatic heterocycles. The minimum absolute atomic E-state index is 0.187. The molecule has 0 saturated heterocycles. The van der Waals surface area contributed by atoms with Gasteiger partial charge in [0.2, 0.25) is 0 Å². The number of methoxy groups -OCH3 is 2. The third-order valence-corrected chi connectivity index (χ3v) is 6.10. The van der Waals surface area contributed by atoms with Crippen LogP contribution in [0.3, 0.4) is 0 Å². The zero-order chi connectivity index (χ0) is 18.8. The molecule has 142 valence electrons. The van der Waals surface area contributed by atoms with Gasteiger partial charge in [0.15, 0.2) is 11.5 Å². The van der Waals surface area contributed by atoms with Crippen LogP contribution in [-0.2, 0) is 19.8 Å². The lowest BCUT2D eigenvalue weighted by atomic mass is 9.68. The van der Waals surface area contributed by atoms with Gasteiger partial charge in [-0.25, -0.2) is 4.79 Å². The van der Waals surface area contributed by atoms with E-state index in [4.69, 9.17) is 19.0 Å². The first-order chi connectivity index (χ1) is 13.1. The highest BCUT2D eigenvalue weighted by atomic mass is 16.7. The Labute approximate surface area is 156 Å².